The third-order valence-corrected chi connectivity index (χ3v) is 5.87. The van der Waals surface area contributed by atoms with Gasteiger partial charge in [-0.05, 0) is 59.7 Å². The standard InChI is InChI=1S/C22H17ClFNO2S/c23-17-7-9-19(10-8-17)25-21(26)14-28-22(25)16-4-2-6-20(12-16)27-13-15-3-1-5-18(24)11-15/h1-12,22H,13-14H2/t22-/m1/s1. The predicted molar refractivity (Wildman–Crippen MR) is 111 cm³/mol. The number of hydrogen-bond acceptors (Lipinski definition) is 3. The molecule has 0 bridgehead atoms. The summed E-state index contributed by atoms with van der Waals surface area (Å²) in [5.74, 6) is 0.872. The lowest BCUT2D eigenvalue weighted by molar-refractivity contribution is -0.115. The molecule has 0 radical (unpaired) electrons. The van der Waals surface area contributed by atoms with Gasteiger partial charge in [0.05, 0.1) is 5.75 Å². The lowest BCUT2D eigenvalue weighted by atomic mass is 10.1. The topological polar surface area (TPSA) is 29.5 Å². The van der Waals surface area contributed by atoms with Crippen molar-refractivity contribution in [3.63, 3.8) is 0 Å². The maximum atomic E-state index is 13.3. The molecule has 0 saturated carbocycles. The van der Waals surface area contributed by atoms with Crippen LogP contribution < -0.4 is 9.64 Å². The Bertz CT molecular complexity index is 996. The number of nitrogens with zero attached hydrogens (tertiary/aromatic N) is 1. The van der Waals surface area contributed by atoms with E-state index in [4.69, 9.17) is 16.3 Å². The minimum atomic E-state index is -0.283. The minimum absolute atomic E-state index is 0.0587. The molecule has 0 aromatic heterocycles. The van der Waals surface area contributed by atoms with E-state index in [0.717, 1.165) is 16.8 Å². The van der Waals surface area contributed by atoms with Crippen molar-refractivity contribution in [3.8, 4) is 5.75 Å². The molecule has 3 aromatic rings. The Labute approximate surface area is 172 Å². The zero-order valence-corrected chi connectivity index (χ0v) is 16.4. The predicted octanol–water partition coefficient (Wildman–Crippen LogP) is 5.84. The second-order valence-corrected chi connectivity index (χ2v) is 7.90. The molecule has 0 spiro atoms. The fourth-order valence-electron chi connectivity index (χ4n) is 3.10. The first-order valence-corrected chi connectivity index (χ1v) is 10.2. The summed E-state index contributed by atoms with van der Waals surface area (Å²) in [6.45, 7) is 0.277. The van der Waals surface area contributed by atoms with Gasteiger partial charge in [-0.1, -0.05) is 35.9 Å². The van der Waals surface area contributed by atoms with Gasteiger partial charge in [0.15, 0.2) is 0 Å². The minimum Gasteiger partial charge on any atom is -0.489 e. The lowest BCUT2D eigenvalue weighted by Crippen LogP contribution is -2.27. The highest BCUT2D eigenvalue weighted by Crippen LogP contribution is 2.42. The van der Waals surface area contributed by atoms with Crippen molar-refractivity contribution in [2.24, 2.45) is 0 Å². The highest BCUT2D eigenvalue weighted by Gasteiger charge is 2.34. The van der Waals surface area contributed by atoms with Gasteiger partial charge in [0.1, 0.15) is 23.5 Å². The number of rotatable bonds is 5. The molecule has 0 N–H and O–H groups in total. The molecule has 1 saturated heterocycles. The molecule has 1 fully saturated rings. The molecule has 4 rings (SSSR count). The smallest absolute Gasteiger partial charge is 0.238 e. The Kier molecular flexibility index (Phi) is 5.55. The number of amides is 1. The maximum absolute atomic E-state index is 13.3. The number of ether oxygens (including phenoxy) is 1. The van der Waals surface area contributed by atoms with Crippen LogP contribution >= 0.6 is 23.4 Å². The normalized spacial score (nSPS) is 16.4. The molecule has 0 aliphatic carbocycles. The highest BCUT2D eigenvalue weighted by molar-refractivity contribution is 8.00. The molecule has 6 heteroatoms. The number of carbonyl (C=O) groups is 1. The van der Waals surface area contributed by atoms with Gasteiger partial charge in [0.25, 0.3) is 0 Å². The number of carbonyl (C=O) groups excluding carboxylic acids is 1. The summed E-state index contributed by atoms with van der Waals surface area (Å²) in [5.41, 5.74) is 2.55. The zero-order chi connectivity index (χ0) is 19.5. The molecule has 28 heavy (non-hydrogen) atoms. The Morgan fingerprint density at radius 2 is 1.86 bits per heavy atom. The largest absolute Gasteiger partial charge is 0.489 e. The molecule has 1 amide bonds. The van der Waals surface area contributed by atoms with Crippen LogP contribution in [0.3, 0.4) is 0 Å². The first kappa shape index (κ1) is 18.8. The quantitative estimate of drug-likeness (QED) is 0.526. The number of anilines is 1. The van der Waals surface area contributed by atoms with Crippen molar-refractivity contribution in [2.45, 2.75) is 12.0 Å². The van der Waals surface area contributed by atoms with Gasteiger partial charge in [-0.3, -0.25) is 9.69 Å². The van der Waals surface area contributed by atoms with Crippen LogP contribution in [0, 0.1) is 5.82 Å². The summed E-state index contributed by atoms with van der Waals surface area (Å²) < 4.78 is 19.2. The Balaban J connectivity index is 1.54. The number of benzene rings is 3. The van der Waals surface area contributed by atoms with E-state index in [1.807, 2.05) is 42.5 Å². The van der Waals surface area contributed by atoms with Crippen molar-refractivity contribution in [1.82, 2.24) is 0 Å². The second kappa shape index (κ2) is 8.25. The van der Waals surface area contributed by atoms with Gasteiger partial charge in [0, 0.05) is 10.7 Å². The first-order valence-electron chi connectivity index (χ1n) is 8.76. The van der Waals surface area contributed by atoms with Crippen LogP contribution in [0.2, 0.25) is 5.02 Å². The molecular weight excluding hydrogens is 397 g/mol. The van der Waals surface area contributed by atoms with Crippen LogP contribution in [0.5, 0.6) is 5.75 Å². The van der Waals surface area contributed by atoms with E-state index in [9.17, 15) is 9.18 Å². The Hall–Kier alpha value is -2.50. The average molecular weight is 414 g/mol. The van der Waals surface area contributed by atoms with E-state index in [2.05, 4.69) is 0 Å². The van der Waals surface area contributed by atoms with Gasteiger partial charge >= 0.3 is 0 Å². The molecule has 1 heterocycles. The second-order valence-electron chi connectivity index (χ2n) is 6.39. The van der Waals surface area contributed by atoms with Crippen molar-refractivity contribution in [1.29, 1.82) is 0 Å². The summed E-state index contributed by atoms with van der Waals surface area (Å²) in [5, 5.41) is 0.499. The van der Waals surface area contributed by atoms with Crippen molar-refractivity contribution >= 4 is 35.0 Å². The van der Waals surface area contributed by atoms with Crippen LogP contribution in [0.1, 0.15) is 16.5 Å². The first-order chi connectivity index (χ1) is 13.6. The van der Waals surface area contributed by atoms with Gasteiger partial charge < -0.3 is 4.74 Å². The van der Waals surface area contributed by atoms with E-state index >= 15 is 0 Å². The number of hydrogen-bond donors (Lipinski definition) is 0. The van der Waals surface area contributed by atoms with Gasteiger partial charge in [-0.15, -0.1) is 11.8 Å². The summed E-state index contributed by atoms with van der Waals surface area (Å²) in [7, 11) is 0. The lowest BCUT2D eigenvalue weighted by Gasteiger charge is -2.24. The monoisotopic (exact) mass is 413 g/mol. The van der Waals surface area contributed by atoms with E-state index in [0.29, 0.717) is 16.5 Å². The van der Waals surface area contributed by atoms with Crippen LogP contribution in [0.15, 0.2) is 72.8 Å². The summed E-state index contributed by atoms with van der Waals surface area (Å²) in [6, 6.07) is 21.3. The van der Waals surface area contributed by atoms with Gasteiger partial charge in [-0.2, -0.15) is 0 Å². The summed E-state index contributed by atoms with van der Waals surface area (Å²) >= 11 is 7.55. The van der Waals surface area contributed by atoms with E-state index in [1.165, 1.54) is 12.1 Å². The fraction of sp³-hybridized carbons (Fsp3) is 0.136. The third kappa shape index (κ3) is 4.16. The van der Waals surface area contributed by atoms with Gasteiger partial charge in [0.2, 0.25) is 5.91 Å². The highest BCUT2D eigenvalue weighted by atomic mass is 35.5. The van der Waals surface area contributed by atoms with Crippen LogP contribution in [-0.4, -0.2) is 11.7 Å². The molecule has 1 aliphatic rings. The van der Waals surface area contributed by atoms with Crippen molar-refractivity contribution in [3.05, 3.63) is 94.8 Å². The zero-order valence-electron chi connectivity index (χ0n) is 14.8. The van der Waals surface area contributed by atoms with Crippen LogP contribution in [-0.2, 0) is 11.4 Å². The van der Waals surface area contributed by atoms with Crippen LogP contribution in [0.25, 0.3) is 0 Å². The molecule has 1 atom stereocenters. The summed E-state index contributed by atoms with van der Waals surface area (Å²) in [6.07, 6.45) is 0. The average Bonchev–Trinajstić information content (AvgIpc) is 3.09. The van der Waals surface area contributed by atoms with E-state index in [-0.39, 0.29) is 23.7 Å². The number of thioether (sulfide) groups is 1. The Morgan fingerprint density at radius 3 is 2.64 bits per heavy atom. The molecule has 0 unspecified atom stereocenters. The summed E-state index contributed by atoms with van der Waals surface area (Å²) in [4.78, 5) is 14.3. The fourth-order valence-corrected chi connectivity index (χ4v) is 4.40. The third-order valence-electron chi connectivity index (χ3n) is 4.41. The Morgan fingerprint density at radius 1 is 1.07 bits per heavy atom. The molecule has 3 aromatic carbocycles. The van der Waals surface area contributed by atoms with Gasteiger partial charge in [-0.25, -0.2) is 4.39 Å². The number of halogens is 2. The van der Waals surface area contributed by atoms with E-state index in [1.54, 1.807) is 34.9 Å². The molecule has 1 aliphatic heterocycles. The molecular formula is C22H17ClFNO2S. The van der Waals surface area contributed by atoms with Crippen molar-refractivity contribution in [2.75, 3.05) is 10.7 Å². The molecule has 142 valence electrons. The van der Waals surface area contributed by atoms with E-state index < -0.39 is 0 Å². The van der Waals surface area contributed by atoms with Crippen LogP contribution in [0.4, 0.5) is 10.1 Å². The SMILES string of the molecule is O=C1CS[C@H](c2cccc(OCc3cccc(F)c3)c2)N1c1ccc(Cl)cc1. The maximum Gasteiger partial charge on any atom is 0.238 e. The molecule has 3 nitrogen and oxygen atoms in total. The van der Waals surface area contributed by atoms with Crippen molar-refractivity contribution < 1.29 is 13.9 Å².